The summed E-state index contributed by atoms with van der Waals surface area (Å²) in [6.07, 6.45) is 2.52. The molecule has 0 radical (unpaired) electrons. The molecule has 3 N–H and O–H groups in total. The number of aliphatic imine (C=N–C) groups is 1. The molecule has 0 aliphatic heterocycles. The first kappa shape index (κ1) is 20.5. The molecule has 136 valence electrons. The van der Waals surface area contributed by atoms with Crippen LogP contribution in [0.15, 0.2) is 35.6 Å². The van der Waals surface area contributed by atoms with Crippen molar-refractivity contribution in [1.82, 2.24) is 9.78 Å². The summed E-state index contributed by atoms with van der Waals surface area (Å²) >= 11 is 0. The van der Waals surface area contributed by atoms with E-state index in [0.717, 1.165) is 0 Å². The van der Waals surface area contributed by atoms with Crippen LogP contribution in [0.3, 0.4) is 0 Å². The van der Waals surface area contributed by atoms with E-state index in [1.54, 1.807) is 32.4 Å². The van der Waals surface area contributed by atoms with Crippen LogP contribution < -0.4 is 20.5 Å². The lowest BCUT2D eigenvalue weighted by Gasteiger charge is -2.12. The zero-order chi connectivity index (χ0) is 17.5. The first-order chi connectivity index (χ1) is 11.5. The molecule has 1 heterocycles. The van der Waals surface area contributed by atoms with Crippen molar-refractivity contribution in [2.75, 3.05) is 26.1 Å². The van der Waals surface area contributed by atoms with Gasteiger partial charge >= 0.3 is 5.69 Å². The fourth-order valence-electron chi connectivity index (χ4n) is 1.93. The first-order valence-corrected chi connectivity index (χ1v) is 6.99. The van der Waals surface area contributed by atoms with E-state index in [4.69, 9.17) is 15.2 Å². The fraction of sp³-hybridized carbons (Fsp3) is 0.286. The number of nitro groups is 1. The van der Waals surface area contributed by atoms with E-state index in [2.05, 4.69) is 15.4 Å². The molecule has 0 spiro atoms. The predicted molar refractivity (Wildman–Crippen MR) is 104 cm³/mol. The number of hydrogen-bond donors (Lipinski definition) is 2. The molecule has 1 aromatic heterocycles. The highest BCUT2D eigenvalue weighted by Crippen LogP contribution is 2.28. The van der Waals surface area contributed by atoms with Crippen molar-refractivity contribution in [3.63, 3.8) is 0 Å². The third kappa shape index (κ3) is 5.77. The number of methoxy groups -OCH3 is 2. The largest absolute Gasteiger partial charge is 0.497 e. The van der Waals surface area contributed by atoms with Crippen LogP contribution in [0, 0.1) is 10.1 Å². The van der Waals surface area contributed by atoms with E-state index in [0.29, 0.717) is 30.3 Å². The van der Waals surface area contributed by atoms with Crippen molar-refractivity contribution in [1.29, 1.82) is 0 Å². The maximum Gasteiger partial charge on any atom is 0.306 e. The lowest BCUT2D eigenvalue weighted by Crippen LogP contribution is -2.23. The normalized spacial score (nSPS) is 10.7. The number of anilines is 1. The number of benzene rings is 1. The minimum atomic E-state index is -0.502. The van der Waals surface area contributed by atoms with Crippen LogP contribution in [0.4, 0.5) is 11.4 Å². The van der Waals surface area contributed by atoms with Gasteiger partial charge < -0.3 is 20.5 Å². The van der Waals surface area contributed by atoms with Gasteiger partial charge in [0, 0.05) is 6.07 Å². The SMILES string of the molecule is COc1ccc(OC)c(NC(N)=NCCn2cc([N+](=O)[O-])cn2)c1.I. The Morgan fingerprint density at radius 2 is 2.20 bits per heavy atom. The lowest BCUT2D eigenvalue weighted by molar-refractivity contribution is -0.385. The third-order valence-corrected chi connectivity index (χ3v) is 3.11. The predicted octanol–water partition coefficient (Wildman–Crippen LogP) is 1.85. The van der Waals surface area contributed by atoms with Crippen LogP contribution >= 0.6 is 24.0 Å². The summed E-state index contributed by atoms with van der Waals surface area (Å²) in [4.78, 5) is 14.2. The second-order valence-corrected chi connectivity index (χ2v) is 4.68. The van der Waals surface area contributed by atoms with Crippen molar-refractivity contribution < 1.29 is 14.4 Å². The molecule has 0 saturated carbocycles. The van der Waals surface area contributed by atoms with E-state index in [9.17, 15) is 10.1 Å². The Kier molecular flexibility index (Phi) is 7.91. The topological polar surface area (TPSA) is 130 Å². The molecule has 1 aromatic carbocycles. The standard InChI is InChI=1S/C14H18N6O4.HI/c1-23-11-3-4-13(24-2)12(7-11)18-14(15)16-5-6-19-9-10(8-17-19)20(21)22;/h3-4,7-9H,5-6H2,1-2H3,(H3,15,16,18);1H. The molecule has 0 saturated heterocycles. The van der Waals surface area contributed by atoms with Gasteiger partial charge in [0.1, 0.15) is 23.9 Å². The van der Waals surface area contributed by atoms with Crippen LogP contribution in [0.5, 0.6) is 11.5 Å². The fourth-order valence-corrected chi connectivity index (χ4v) is 1.93. The summed E-state index contributed by atoms with van der Waals surface area (Å²) in [5.41, 5.74) is 6.40. The second-order valence-electron chi connectivity index (χ2n) is 4.68. The monoisotopic (exact) mass is 462 g/mol. The number of nitrogens with one attached hydrogen (secondary N) is 1. The van der Waals surface area contributed by atoms with E-state index in [-0.39, 0.29) is 35.6 Å². The maximum absolute atomic E-state index is 10.6. The van der Waals surface area contributed by atoms with Crippen molar-refractivity contribution in [3.05, 3.63) is 40.7 Å². The molecular weight excluding hydrogens is 443 g/mol. The van der Waals surface area contributed by atoms with Crippen LogP contribution in [0.1, 0.15) is 0 Å². The smallest absolute Gasteiger partial charge is 0.306 e. The molecule has 0 amide bonds. The maximum atomic E-state index is 10.6. The molecule has 0 atom stereocenters. The highest BCUT2D eigenvalue weighted by atomic mass is 127. The van der Waals surface area contributed by atoms with Crippen molar-refractivity contribution >= 4 is 41.3 Å². The Labute approximate surface area is 161 Å². The molecule has 0 bridgehead atoms. The van der Waals surface area contributed by atoms with Gasteiger partial charge in [-0.2, -0.15) is 5.10 Å². The summed E-state index contributed by atoms with van der Waals surface area (Å²) in [5, 5.41) is 17.4. The lowest BCUT2D eigenvalue weighted by atomic mass is 10.2. The Balaban J connectivity index is 0.00000312. The summed E-state index contributed by atoms with van der Waals surface area (Å²) in [6, 6.07) is 5.25. The number of nitrogens with two attached hydrogens (primary N) is 1. The minimum Gasteiger partial charge on any atom is -0.497 e. The highest BCUT2D eigenvalue weighted by Gasteiger charge is 2.08. The Morgan fingerprint density at radius 3 is 2.80 bits per heavy atom. The second kappa shape index (κ2) is 9.66. The van der Waals surface area contributed by atoms with Gasteiger partial charge in [0.25, 0.3) is 0 Å². The molecule has 11 heteroatoms. The quantitative estimate of drug-likeness (QED) is 0.211. The molecule has 0 fully saturated rings. The summed E-state index contributed by atoms with van der Waals surface area (Å²) < 4.78 is 11.8. The average molecular weight is 462 g/mol. The number of nitrogens with zero attached hydrogens (tertiary/aromatic N) is 4. The van der Waals surface area contributed by atoms with Gasteiger partial charge in [-0.1, -0.05) is 0 Å². The number of aromatic nitrogens is 2. The molecule has 25 heavy (non-hydrogen) atoms. The van der Waals surface area contributed by atoms with E-state index in [1.165, 1.54) is 17.1 Å². The number of hydrogen-bond acceptors (Lipinski definition) is 6. The van der Waals surface area contributed by atoms with Gasteiger partial charge in [0.05, 0.1) is 37.9 Å². The van der Waals surface area contributed by atoms with Gasteiger partial charge in [-0.25, -0.2) is 0 Å². The Bertz CT molecular complexity index is 749. The van der Waals surface area contributed by atoms with Gasteiger partial charge in [0.15, 0.2) is 5.96 Å². The average Bonchev–Trinajstić information content (AvgIpc) is 3.04. The Morgan fingerprint density at radius 1 is 1.44 bits per heavy atom. The number of halogens is 1. The van der Waals surface area contributed by atoms with Gasteiger partial charge in [-0.3, -0.25) is 19.8 Å². The van der Waals surface area contributed by atoms with Crippen molar-refractivity contribution in [2.45, 2.75) is 6.54 Å². The molecule has 0 unspecified atom stereocenters. The van der Waals surface area contributed by atoms with E-state index >= 15 is 0 Å². The highest BCUT2D eigenvalue weighted by molar-refractivity contribution is 14.0. The van der Waals surface area contributed by atoms with Gasteiger partial charge in [-0.05, 0) is 12.1 Å². The first-order valence-electron chi connectivity index (χ1n) is 6.99. The number of rotatable bonds is 7. The van der Waals surface area contributed by atoms with Crippen LogP contribution in [0.2, 0.25) is 0 Å². The zero-order valence-corrected chi connectivity index (χ0v) is 16.0. The molecule has 0 aliphatic rings. The van der Waals surface area contributed by atoms with Crippen LogP contribution in [-0.4, -0.2) is 41.4 Å². The molecule has 2 aromatic rings. The molecule has 2 rings (SSSR count). The van der Waals surface area contributed by atoms with E-state index < -0.39 is 4.92 Å². The summed E-state index contributed by atoms with van der Waals surface area (Å²) in [6.45, 7) is 0.676. The Hall–Kier alpha value is -2.57. The van der Waals surface area contributed by atoms with E-state index in [1.807, 2.05) is 0 Å². The minimum absolute atomic E-state index is 0. The number of guanidine groups is 1. The molecule has 0 aliphatic carbocycles. The summed E-state index contributed by atoms with van der Waals surface area (Å²) in [5.74, 6) is 1.43. The van der Waals surface area contributed by atoms with Crippen molar-refractivity contribution in [2.24, 2.45) is 10.7 Å². The summed E-state index contributed by atoms with van der Waals surface area (Å²) in [7, 11) is 3.11. The van der Waals surface area contributed by atoms with Crippen LogP contribution in [0.25, 0.3) is 0 Å². The third-order valence-electron chi connectivity index (χ3n) is 3.11. The number of ether oxygens (including phenoxy) is 2. The van der Waals surface area contributed by atoms with Crippen molar-refractivity contribution in [3.8, 4) is 11.5 Å². The van der Waals surface area contributed by atoms with Gasteiger partial charge in [-0.15, -0.1) is 24.0 Å². The van der Waals surface area contributed by atoms with Gasteiger partial charge in [0.2, 0.25) is 0 Å². The molecule has 10 nitrogen and oxygen atoms in total. The zero-order valence-electron chi connectivity index (χ0n) is 13.7. The van der Waals surface area contributed by atoms with Crippen LogP contribution in [-0.2, 0) is 6.54 Å². The molecular formula is C14H19IN6O4.